The van der Waals surface area contributed by atoms with E-state index in [0.717, 1.165) is 17.2 Å². The summed E-state index contributed by atoms with van der Waals surface area (Å²) in [5.74, 6) is 1.84. The standard InChI is InChI=1S/C17H20N4O/c18-10-12-8-17(22)20(11-12)16-9-15(13-6-7-13)19-21(16)14-4-2-1-3-5-14/h1-5,9,12-13H,6-8,10-11,18H2. The van der Waals surface area contributed by atoms with Crippen LogP contribution in [0.15, 0.2) is 36.4 Å². The second kappa shape index (κ2) is 5.25. The Morgan fingerprint density at radius 3 is 2.64 bits per heavy atom. The van der Waals surface area contributed by atoms with Gasteiger partial charge in [-0.05, 0) is 37.4 Å². The maximum Gasteiger partial charge on any atom is 0.228 e. The molecule has 0 radical (unpaired) electrons. The molecule has 2 aromatic rings. The first-order valence-electron chi connectivity index (χ1n) is 7.92. The second-order valence-electron chi connectivity index (χ2n) is 6.26. The predicted octanol–water partition coefficient (Wildman–Crippen LogP) is 2.06. The Morgan fingerprint density at radius 2 is 2.00 bits per heavy atom. The molecule has 0 bridgehead atoms. The van der Waals surface area contributed by atoms with Crippen molar-refractivity contribution in [2.45, 2.75) is 25.2 Å². The molecule has 1 atom stereocenters. The largest absolute Gasteiger partial charge is 0.330 e. The van der Waals surface area contributed by atoms with Gasteiger partial charge in [0.25, 0.3) is 0 Å². The van der Waals surface area contributed by atoms with E-state index < -0.39 is 0 Å². The van der Waals surface area contributed by atoms with E-state index in [-0.39, 0.29) is 11.8 Å². The molecule has 1 aliphatic heterocycles. The molecule has 1 aliphatic carbocycles. The van der Waals surface area contributed by atoms with Crippen molar-refractivity contribution < 1.29 is 4.79 Å². The van der Waals surface area contributed by atoms with Crippen LogP contribution in [-0.2, 0) is 4.79 Å². The molecule has 1 aromatic heterocycles. The van der Waals surface area contributed by atoms with Gasteiger partial charge < -0.3 is 5.73 Å². The van der Waals surface area contributed by atoms with Crippen molar-refractivity contribution in [3.05, 3.63) is 42.1 Å². The van der Waals surface area contributed by atoms with Crippen molar-refractivity contribution in [3.63, 3.8) is 0 Å². The number of benzene rings is 1. The molecule has 5 nitrogen and oxygen atoms in total. The summed E-state index contributed by atoms with van der Waals surface area (Å²) < 4.78 is 1.91. The number of amides is 1. The molecule has 22 heavy (non-hydrogen) atoms. The van der Waals surface area contributed by atoms with Crippen LogP contribution in [0.5, 0.6) is 0 Å². The number of nitrogens with two attached hydrogens (primary N) is 1. The van der Waals surface area contributed by atoms with Crippen LogP contribution in [0, 0.1) is 5.92 Å². The van der Waals surface area contributed by atoms with Gasteiger partial charge in [-0.1, -0.05) is 18.2 Å². The quantitative estimate of drug-likeness (QED) is 0.939. The SMILES string of the molecule is NCC1CC(=O)N(c2cc(C3CC3)nn2-c2ccccc2)C1. The lowest BCUT2D eigenvalue weighted by Crippen LogP contribution is -2.27. The van der Waals surface area contributed by atoms with Gasteiger partial charge in [-0.15, -0.1) is 0 Å². The predicted molar refractivity (Wildman–Crippen MR) is 85.1 cm³/mol. The highest BCUT2D eigenvalue weighted by atomic mass is 16.2. The molecule has 2 N–H and O–H groups in total. The maximum absolute atomic E-state index is 12.4. The average molecular weight is 296 g/mol. The van der Waals surface area contributed by atoms with Crippen LogP contribution in [-0.4, -0.2) is 28.8 Å². The fraction of sp³-hybridized carbons (Fsp3) is 0.412. The zero-order valence-corrected chi connectivity index (χ0v) is 12.5. The van der Waals surface area contributed by atoms with Crippen molar-refractivity contribution in [2.24, 2.45) is 11.7 Å². The summed E-state index contributed by atoms with van der Waals surface area (Å²) in [5.41, 5.74) is 7.84. The van der Waals surface area contributed by atoms with Crippen molar-refractivity contribution in [3.8, 4) is 5.69 Å². The number of rotatable bonds is 4. The molecule has 0 spiro atoms. The average Bonchev–Trinajstić information content (AvgIpc) is 3.20. The van der Waals surface area contributed by atoms with Crippen LogP contribution in [0.25, 0.3) is 5.69 Å². The minimum atomic E-state index is 0.148. The summed E-state index contributed by atoms with van der Waals surface area (Å²) in [6.07, 6.45) is 2.93. The van der Waals surface area contributed by atoms with Gasteiger partial charge in [0.2, 0.25) is 5.91 Å². The Bertz CT molecular complexity index is 690. The fourth-order valence-electron chi connectivity index (χ4n) is 3.08. The topological polar surface area (TPSA) is 64.2 Å². The number of hydrogen-bond acceptors (Lipinski definition) is 3. The molecule has 1 saturated heterocycles. The van der Waals surface area contributed by atoms with Crippen LogP contribution in [0.4, 0.5) is 5.82 Å². The van der Waals surface area contributed by atoms with E-state index in [2.05, 4.69) is 6.07 Å². The number of carbonyl (C=O) groups is 1. The smallest absolute Gasteiger partial charge is 0.228 e. The lowest BCUT2D eigenvalue weighted by molar-refractivity contribution is -0.117. The van der Waals surface area contributed by atoms with Gasteiger partial charge >= 0.3 is 0 Å². The highest BCUT2D eigenvalue weighted by molar-refractivity contribution is 5.95. The molecule has 114 valence electrons. The van der Waals surface area contributed by atoms with Gasteiger partial charge in [0.15, 0.2) is 0 Å². The fourth-order valence-corrected chi connectivity index (χ4v) is 3.08. The van der Waals surface area contributed by atoms with E-state index in [1.165, 1.54) is 12.8 Å². The van der Waals surface area contributed by atoms with Crippen LogP contribution in [0.3, 0.4) is 0 Å². The van der Waals surface area contributed by atoms with E-state index >= 15 is 0 Å². The van der Waals surface area contributed by atoms with Crippen LogP contribution < -0.4 is 10.6 Å². The van der Waals surface area contributed by atoms with Gasteiger partial charge in [0, 0.05) is 24.9 Å². The normalized spacial score (nSPS) is 21.6. The molecule has 2 heterocycles. The third-order valence-electron chi connectivity index (χ3n) is 4.52. The summed E-state index contributed by atoms with van der Waals surface area (Å²) in [6.45, 7) is 1.25. The number of anilines is 1. The molecule has 1 aromatic carbocycles. The second-order valence-corrected chi connectivity index (χ2v) is 6.26. The molecule has 5 heteroatoms. The Kier molecular flexibility index (Phi) is 3.22. The lowest BCUT2D eigenvalue weighted by Gasteiger charge is -2.17. The zero-order valence-electron chi connectivity index (χ0n) is 12.5. The molecule has 1 saturated carbocycles. The van der Waals surface area contributed by atoms with Crippen molar-refractivity contribution in [1.29, 1.82) is 0 Å². The first kappa shape index (κ1) is 13.5. The van der Waals surface area contributed by atoms with Crippen molar-refractivity contribution in [1.82, 2.24) is 9.78 Å². The molecule has 4 rings (SSSR count). The van der Waals surface area contributed by atoms with Crippen molar-refractivity contribution in [2.75, 3.05) is 18.0 Å². The number of nitrogens with zero attached hydrogens (tertiary/aromatic N) is 3. The minimum absolute atomic E-state index is 0.148. The van der Waals surface area contributed by atoms with Crippen molar-refractivity contribution >= 4 is 11.7 Å². The number of aromatic nitrogens is 2. The summed E-state index contributed by atoms with van der Waals surface area (Å²) in [7, 11) is 0. The van der Waals surface area contributed by atoms with Gasteiger partial charge in [-0.3, -0.25) is 9.69 Å². The molecule has 1 unspecified atom stereocenters. The highest BCUT2D eigenvalue weighted by Crippen LogP contribution is 2.41. The summed E-state index contributed by atoms with van der Waals surface area (Å²) in [4.78, 5) is 14.2. The zero-order chi connectivity index (χ0) is 15.1. The van der Waals surface area contributed by atoms with Gasteiger partial charge in [-0.25, -0.2) is 4.68 Å². The minimum Gasteiger partial charge on any atom is -0.330 e. The molecular weight excluding hydrogens is 276 g/mol. The first-order valence-corrected chi connectivity index (χ1v) is 7.92. The molecule has 2 fully saturated rings. The van der Waals surface area contributed by atoms with Crippen LogP contribution in [0.2, 0.25) is 0 Å². The van der Waals surface area contributed by atoms with E-state index in [0.29, 0.717) is 25.4 Å². The Hall–Kier alpha value is -2.14. The molecule has 1 amide bonds. The molecular formula is C17H20N4O. The van der Waals surface area contributed by atoms with Gasteiger partial charge in [0.1, 0.15) is 5.82 Å². The summed E-state index contributed by atoms with van der Waals surface area (Å²) in [6, 6.07) is 12.1. The number of para-hydroxylation sites is 1. The maximum atomic E-state index is 12.4. The number of carbonyl (C=O) groups excluding carboxylic acids is 1. The van der Waals surface area contributed by atoms with E-state index in [1.54, 1.807) is 0 Å². The van der Waals surface area contributed by atoms with Crippen LogP contribution in [0.1, 0.15) is 30.9 Å². The van der Waals surface area contributed by atoms with E-state index in [9.17, 15) is 4.79 Å². The molecule has 2 aliphatic rings. The lowest BCUT2D eigenvalue weighted by atomic mass is 10.1. The summed E-state index contributed by atoms with van der Waals surface area (Å²) in [5, 5.41) is 4.76. The third kappa shape index (κ3) is 2.31. The highest BCUT2D eigenvalue weighted by Gasteiger charge is 2.34. The Balaban J connectivity index is 1.76. The van der Waals surface area contributed by atoms with Crippen LogP contribution >= 0.6 is 0 Å². The Labute approximate surface area is 129 Å². The van der Waals surface area contributed by atoms with Gasteiger partial charge in [-0.2, -0.15) is 5.10 Å². The Morgan fingerprint density at radius 1 is 1.23 bits per heavy atom. The summed E-state index contributed by atoms with van der Waals surface area (Å²) >= 11 is 0. The monoisotopic (exact) mass is 296 g/mol. The third-order valence-corrected chi connectivity index (χ3v) is 4.52. The van der Waals surface area contributed by atoms with Gasteiger partial charge in [0.05, 0.1) is 11.4 Å². The van der Waals surface area contributed by atoms with E-state index in [1.807, 2.05) is 39.9 Å². The first-order chi connectivity index (χ1) is 10.8. The van der Waals surface area contributed by atoms with E-state index in [4.69, 9.17) is 10.8 Å². The number of hydrogen-bond donors (Lipinski definition) is 1.